The maximum atomic E-state index is 11.7. The van der Waals surface area contributed by atoms with Gasteiger partial charge < -0.3 is 9.47 Å². The van der Waals surface area contributed by atoms with Gasteiger partial charge in [0.05, 0.1) is 24.5 Å². The molecule has 0 spiro atoms. The minimum atomic E-state index is -0.615. The first-order valence-electron chi connectivity index (χ1n) is 5.65. The molecule has 0 N–H and O–H groups in total. The molecule has 1 aromatic heterocycles. The standard InChI is InChI=1S/C13H11NO5S/c1-18-9-4-5-12(11(7-9)14(16)17)19-13(15)8-10-3-2-6-20-10/h2-7H,8H2,1H3. The fourth-order valence-electron chi connectivity index (χ4n) is 1.57. The molecular formula is C13H11NO5S. The van der Waals surface area contributed by atoms with Crippen LogP contribution in [0.5, 0.6) is 11.5 Å². The van der Waals surface area contributed by atoms with Gasteiger partial charge in [-0.3, -0.25) is 14.9 Å². The third-order valence-electron chi connectivity index (χ3n) is 2.49. The first-order valence-corrected chi connectivity index (χ1v) is 6.53. The van der Waals surface area contributed by atoms with E-state index in [-0.39, 0.29) is 17.9 Å². The molecule has 0 radical (unpaired) electrons. The number of thiophene rings is 1. The minimum Gasteiger partial charge on any atom is -0.496 e. The van der Waals surface area contributed by atoms with Gasteiger partial charge in [-0.05, 0) is 23.6 Å². The van der Waals surface area contributed by atoms with E-state index in [1.807, 2.05) is 11.4 Å². The van der Waals surface area contributed by atoms with Crippen LogP contribution in [0.1, 0.15) is 4.88 Å². The maximum absolute atomic E-state index is 11.7. The Morgan fingerprint density at radius 3 is 2.80 bits per heavy atom. The van der Waals surface area contributed by atoms with Crippen molar-refractivity contribution in [2.24, 2.45) is 0 Å². The number of methoxy groups -OCH3 is 1. The smallest absolute Gasteiger partial charge is 0.316 e. The molecule has 6 nitrogen and oxygen atoms in total. The molecule has 0 saturated carbocycles. The van der Waals surface area contributed by atoms with Crippen molar-refractivity contribution in [3.63, 3.8) is 0 Å². The van der Waals surface area contributed by atoms with E-state index in [0.717, 1.165) is 4.88 Å². The Morgan fingerprint density at radius 1 is 1.40 bits per heavy atom. The van der Waals surface area contributed by atoms with Gasteiger partial charge in [0.15, 0.2) is 0 Å². The molecule has 2 rings (SSSR count). The lowest BCUT2D eigenvalue weighted by atomic mass is 10.2. The van der Waals surface area contributed by atoms with Crippen molar-refractivity contribution >= 4 is 23.0 Å². The van der Waals surface area contributed by atoms with Crippen molar-refractivity contribution in [1.82, 2.24) is 0 Å². The van der Waals surface area contributed by atoms with E-state index in [1.165, 1.54) is 36.6 Å². The van der Waals surface area contributed by atoms with Crippen molar-refractivity contribution in [3.05, 3.63) is 50.7 Å². The lowest BCUT2D eigenvalue weighted by Crippen LogP contribution is -2.11. The van der Waals surface area contributed by atoms with E-state index in [1.54, 1.807) is 6.07 Å². The van der Waals surface area contributed by atoms with Crippen LogP contribution in [-0.2, 0) is 11.2 Å². The number of esters is 1. The van der Waals surface area contributed by atoms with Crippen LogP contribution < -0.4 is 9.47 Å². The Kier molecular flexibility index (Phi) is 4.31. The molecule has 104 valence electrons. The Hall–Kier alpha value is -2.41. The molecule has 0 saturated heterocycles. The van der Waals surface area contributed by atoms with Gasteiger partial charge in [0.25, 0.3) is 0 Å². The average Bonchev–Trinajstić information content (AvgIpc) is 2.91. The summed E-state index contributed by atoms with van der Waals surface area (Å²) in [5.74, 6) is -0.298. The first kappa shape index (κ1) is 14.0. The molecule has 2 aromatic rings. The van der Waals surface area contributed by atoms with Gasteiger partial charge in [-0.2, -0.15) is 0 Å². The number of nitrogens with zero attached hydrogens (tertiary/aromatic N) is 1. The number of nitro benzene ring substituents is 1. The van der Waals surface area contributed by atoms with Gasteiger partial charge in [0, 0.05) is 4.88 Å². The van der Waals surface area contributed by atoms with Gasteiger partial charge in [0.1, 0.15) is 5.75 Å². The SMILES string of the molecule is COc1ccc(OC(=O)Cc2cccs2)c([N+](=O)[O-])c1. The van der Waals surface area contributed by atoms with E-state index in [2.05, 4.69) is 0 Å². The van der Waals surface area contributed by atoms with Gasteiger partial charge in [-0.1, -0.05) is 6.07 Å². The van der Waals surface area contributed by atoms with Gasteiger partial charge >= 0.3 is 11.7 Å². The molecule has 7 heteroatoms. The zero-order valence-corrected chi connectivity index (χ0v) is 11.4. The van der Waals surface area contributed by atoms with Crippen LogP contribution in [0.15, 0.2) is 35.7 Å². The number of carbonyl (C=O) groups excluding carboxylic acids is 1. The summed E-state index contributed by atoms with van der Waals surface area (Å²) >= 11 is 1.42. The monoisotopic (exact) mass is 293 g/mol. The summed E-state index contributed by atoms with van der Waals surface area (Å²) < 4.78 is 9.96. The fourth-order valence-corrected chi connectivity index (χ4v) is 2.26. The normalized spacial score (nSPS) is 10.1. The highest BCUT2D eigenvalue weighted by atomic mass is 32.1. The average molecular weight is 293 g/mol. The van der Waals surface area contributed by atoms with E-state index in [4.69, 9.17) is 9.47 Å². The van der Waals surface area contributed by atoms with Crippen molar-refractivity contribution in [3.8, 4) is 11.5 Å². The zero-order valence-electron chi connectivity index (χ0n) is 10.6. The predicted molar refractivity (Wildman–Crippen MR) is 73.3 cm³/mol. The highest BCUT2D eigenvalue weighted by Gasteiger charge is 2.19. The van der Waals surface area contributed by atoms with Crippen LogP contribution in [0, 0.1) is 10.1 Å². The van der Waals surface area contributed by atoms with Crippen LogP contribution in [0.3, 0.4) is 0 Å². The topological polar surface area (TPSA) is 78.7 Å². The fraction of sp³-hybridized carbons (Fsp3) is 0.154. The maximum Gasteiger partial charge on any atom is 0.316 e. The third kappa shape index (κ3) is 3.33. The second kappa shape index (κ2) is 6.16. The molecule has 0 aliphatic carbocycles. The summed E-state index contributed by atoms with van der Waals surface area (Å²) in [5.41, 5.74) is -0.302. The molecular weight excluding hydrogens is 282 g/mol. The van der Waals surface area contributed by atoms with Crippen molar-refractivity contribution in [1.29, 1.82) is 0 Å². The van der Waals surface area contributed by atoms with Crippen LogP contribution in [0.25, 0.3) is 0 Å². The van der Waals surface area contributed by atoms with Gasteiger partial charge in [-0.15, -0.1) is 11.3 Å². The summed E-state index contributed by atoms with van der Waals surface area (Å²) in [6.45, 7) is 0. The zero-order chi connectivity index (χ0) is 14.5. The molecule has 0 amide bonds. The number of rotatable bonds is 5. The quantitative estimate of drug-likeness (QED) is 0.366. The summed E-state index contributed by atoms with van der Waals surface area (Å²) in [6, 6.07) is 7.69. The number of benzene rings is 1. The highest BCUT2D eigenvalue weighted by molar-refractivity contribution is 7.10. The second-order valence-electron chi connectivity index (χ2n) is 3.82. The number of carbonyl (C=O) groups is 1. The van der Waals surface area contributed by atoms with Gasteiger partial charge in [-0.25, -0.2) is 0 Å². The van der Waals surface area contributed by atoms with Crippen molar-refractivity contribution in [2.45, 2.75) is 6.42 Å². The Balaban J connectivity index is 2.16. The Labute approximate surface area is 118 Å². The molecule has 1 aromatic carbocycles. The number of hydrogen-bond acceptors (Lipinski definition) is 6. The molecule has 0 aliphatic rings. The van der Waals surface area contributed by atoms with E-state index >= 15 is 0 Å². The summed E-state index contributed by atoms with van der Waals surface area (Å²) in [5, 5.41) is 12.8. The van der Waals surface area contributed by atoms with Gasteiger partial charge in [0.2, 0.25) is 5.75 Å². The molecule has 20 heavy (non-hydrogen) atoms. The second-order valence-corrected chi connectivity index (χ2v) is 4.85. The largest absolute Gasteiger partial charge is 0.496 e. The molecule has 0 unspecified atom stereocenters. The first-order chi connectivity index (χ1) is 9.60. The van der Waals surface area contributed by atoms with Crippen LogP contribution >= 0.6 is 11.3 Å². The highest BCUT2D eigenvalue weighted by Crippen LogP contribution is 2.31. The minimum absolute atomic E-state index is 0.0842. The molecule has 1 heterocycles. The van der Waals surface area contributed by atoms with Crippen LogP contribution in [0.4, 0.5) is 5.69 Å². The third-order valence-corrected chi connectivity index (χ3v) is 3.36. The lowest BCUT2D eigenvalue weighted by Gasteiger charge is -2.06. The van der Waals surface area contributed by atoms with E-state index in [0.29, 0.717) is 5.75 Å². The number of nitro groups is 1. The summed E-state index contributed by atoms with van der Waals surface area (Å²) in [6.07, 6.45) is 0.0842. The summed E-state index contributed by atoms with van der Waals surface area (Å²) in [7, 11) is 1.40. The molecule has 0 fully saturated rings. The summed E-state index contributed by atoms with van der Waals surface area (Å²) in [4.78, 5) is 22.9. The van der Waals surface area contributed by atoms with Crippen molar-refractivity contribution in [2.75, 3.05) is 7.11 Å². The van der Waals surface area contributed by atoms with Crippen LogP contribution in [-0.4, -0.2) is 18.0 Å². The molecule has 0 atom stereocenters. The number of ether oxygens (including phenoxy) is 2. The molecule has 0 bridgehead atoms. The molecule has 0 aliphatic heterocycles. The lowest BCUT2D eigenvalue weighted by molar-refractivity contribution is -0.385. The predicted octanol–water partition coefficient (Wildman–Crippen LogP) is 2.81. The Bertz CT molecular complexity index is 624. The van der Waals surface area contributed by atoms with E-state index < -0.39 is 10.9 Å². The Morgan fingerprint density at radius 2 is 2.20 bits per heavy atom. The van der Waals surface area contributed by atoms with Crippen molar-refractivity contribution < 1.29 is 19.2 Å². The number of hydrogen-bond donors (Lipinski definition) is 0. The van der Waals surface area contributed by atoms with Crippen LogP contribution in [0.2, 0.25) is 0 Å². The van der Waals surface area contributed by atoms with E-state index in [9.17, 15) is 14.9 Å².